The Morgan fingerprint density at radius 1 is 1.21 bits per heavy atom. The summed E-state index contributed by atoms with van der Waals surface area (Å²) in [6.07, 6.45) is 3.70. The van der Waals surface area contributed by atoms with Crippen molar-refractivity contribution in [1.29, 1.82) is 0 Å². The van der Waals surface area contributed by atoms with E-state index in [1.54, 1.807) is 4.90 Å². The van der Waals surface area contributed by atoms with E-state index >= 15 is 0 Å². The average molecular weight is 473 g/mol. The van der Waals surface area contributed by atoms with Crippen molar-refractivity contribution >= 4 is 67.8 Å². The number of benzene rings is 2. The molecule has 4 nitrogen and oxygen atoms in total. The second-order valence-corrected chi connectivity index (χ2v) is 9.19. The Balaban J connectivity index is 1.52. The molecule has 0 N–H and O–H groups in total. The zero-order valence-electron chi connectivity index (χ0n) is 14.9. The molecule has 2 aliphatic rings. The monoisotopic (exact) mass is 472 g/mol. The molecule has 2 aromatic rings. The number of carbonyl (C=O) groups excluding carboxylic acids is 2. The zero-order chi connectivity index (χ0) is 19.7. The van der Waals surface area contributed by atoms with Gasteiger partial charge in [0.15, 0.2) is 0 Å². The molecule has 2 amide bonds. The van der Waals surface area contributed by atoms with Crippen molar-refractivity contribution in [2.45, 2.75) is 12.8 Å². The van der Waals surface area contributed by atoms with Crippen LogP contribution in [0.2, 0.25) is 0 Å². The minimum atomic E-state index is -0.214. The lowest BCUT2D eigenvalue weighted by Gasteiger charge is -2.30. The fourth-order valence-electron chi connectivity index (χ4n) is 3.40. The highest BCUT2D eigenvalue weighted by atomic mass is 79.9. The molecule has 0 saturated carbocycles. The first kappa shape index (κ1) is 19.4. The second kappa shape index (κ2) is 8.19. The Labute approximate surface area is 181 Å². The Bertz CT molecular complexity index is 1010. The van der Waals surface area contributed by atoms with Crippen molar-refractivity contribution in [3.05, 3.63) is 69.0 Å². The van der Waals surface area contributed by atoms with Gasteiger partial charge >= 0.3 is 0 Å². The van der Waals surface area contributed by atoms with E-state index in [0.717, 1.165) is 28.6 Å². The first-order valence-electron chi connectivity index (χ1n) is 8.92. The Morgan fingerprint density at radius 3 is 2.86 bits per heavy atom. The van der Waals surface area contributed by atoms with Crippen LogP contribution in [0.1, 0.15) is 17.5 Å². The van der Waals surface area contributed by atoms with Gasteiger partial charge in [0.25, 0.3) is 5.91 Å². The molecule has 0 radical (unpaired) electrons. The lowest BCUT2D eigenvalue weighted by molar-refractivity contribution is -0.127. The van der Waals surface area contributed by atoms with Crippen LogP contribution >= 0.6 is 39.9 Å². The second-order valence-electron chi connectivity index (χ2n) is 6.60. The van der Waals surface area contributed by atoms with Crippen LogP contribution in [-0.2, 0) is 16.0 Å². The predicted molar refractivity (Wildman–Crippen MR) is 121 cm³/mol. The number of fused-ring (bicyclic) bond motifs is 1. The first-order valence-corrected chi connectivity index (χ1v) is 10.9. The first-order chi connectivity index (χ1) is 13.5. The number of thioether (sulfide) groups is 1. The summed E-state index contributed by atoms with van der Waals surface area (Å²) >= 11 is 10.1. The van der Waals surface area contributed by atoms with E-state index < -0.39 is 0 Å². The predicted octanol–water partition coefficient (Wildman–Crippen LogP) is 4.63. The fourth-order valence-corrected chi connectivity index (χ4v) is 5.07. The lowest BCUT2D eigenvalue weighted by Crippen LogP contribution is -2.44. The molecule has 142 valence electrons. The third-order valence-corrected chi connectivity index (χ3v) is 6.60. The zero-order valence-corrected chi connectivity index (χ0v) is 18.1. The number of aryl methyl sites for hydroxylation is 1. The number of rotatable bonds is 3. The maximum Gasteiger partial charge on any atom is 0.266 e. The number of thiocarbonyl (C=S) groups is 1. The van der Waals surface area contributed by atoms with Crippen molar-refractivity contribution in [2.75, 3.05) is 18.0 Å². The number of halogens is 1. The SMILES string of the molecule is O=C1C(=Cc2cccc(Br)c2)SC(=S)N1CC(=O)N1CCCc2ccccc21. The number of para-hydroxylation sites is 1. The molecular formula is C21H17BrN2O2S2. The topological polar surface area (TPSA) is 40.6 Å². The molecule has 2 heterocycles. The molecule has 0 atom stereocenters. The van der Waals surface area contributed by atoms with Crippen LogP contribution in [-0.4, -0.2) is 34.1 Å². The van der Waals surface area contributed by atoms with Crippen LogP contribution in [0.5, 0.6) is 0 Å². The van der Waals surface area contributed by atoms with Crippen molar-refractivity contribution < 1.29 is 9.59 Å². The van der Waals surface area contributed by atoms with Crippen molar-refractivity contribution in [3.63, 3.8) is 0 Å². The Morgan fingerprint density at radius 2 is 2.04 bits per heavy atom. The average Bonchev–Trinajstić information content (AvgIpc) is 2.95. The highest BCUT2D eigenvalue weighted by molar-refractivity contribution is 9.10. The van der Waals surface area contributed by atoms with Gasteiger partial charge in [-0.25, -0.2) is 0 Å². The number of amides is 2. The van der Waals surface area contributed by atoms with Gasteiger partial charge in [-0.2, -0.15) is 0 Å². The van der Waals surface area contributed by atoms with Gasteiger partial charge in [-0.1, -0.05) is 70.2 Å². The molecule has 7 heteroatoms. The lowest BCUT2D eigenvalue weighted by atomic mass is 10.0. The van der Waals surface area contributed by atoms with Crippen LogP contribution in [0, 0.1) is 0 Å². The highest BCUT2D eigenvalue weighted by Gasteiger charge is 2.35. The van der Waals surface area contributed by atoms with Gasteiger partial charge in [0.05, 0.1) is 4.91 Å². The van der Waals surface area contributed by atoms with E-state index in [1.807, 2.05) is 48.5 Å². The Kier molecular flexibility index (Phi) is 5.66. The molecule has 4 rings (SSSR count). The molecular weight excluding hydrogens is 456 g/mol. The van der Waals surface area contributed by atoms with Gasteiger partial charge in [0.2, 0.25) is 5.91 Å². The van der Waals surface area contributed by atoms with Crippen molar-refractivity contribution in [1.82, 2.24) is 4.90 Å². The van der Waals surface area contributed by atoms with Gasteiger partial charge in [-0.15, -0.1) is 0 Å². The van der Waals surface area contributed by atoms with Gasteiger partial charge < -0.3 is 4.90 Å². The summed E-state index contributed by atoms with van der Waals surface area (Å²) in [5.74, 6) is -0.319. The summed E-state index contributed by atoms with van der Waals surface area (Å²) in [6.45, 7) is 0.632. The molecule has 1 saturated heterocycles. The van der Waals surface area contributed by atoms with E-state index in [9.17, 15) is 9.59 Å². The number of hydrogen-bond donors (Lipinski definition) is 0. The molecule has 0 aromatic heterocycles. The molecule has 0 bridgehead atoms. The van der Waals surface area contributed by atoms with E-state index in [1.165, 1.54) is 22.2 Å². The highest BCUT2D eigenvalue weighted by Crippen LogP contribution is 2.33. The summed E-state index contributed by atoms with van der Waals surface area (Å²) in [6, 6.07) is 15.6. The molecule has 0 unspecified atom stereocenters. The molecule has 2 aliphatic heterocycles. The molecule has 28 heavy (non-hydrogen) atoms. The number of carbonyl (C=O) groups is 2. The van der Waals surface area contributed by atoms with Crippen LogP contribution in [0.4, 0.5) is 5.69 Å². The van der Waals surface area contributed by atoms with Crippen molar-refractivity contribution in [2.24, 2.45) is 0 Å². The van der Waals surface area contributed by atoms with E-state index in [-0.39, 0.29) is 18.4 Å². The van der Waals surface area contributed by atoms with E-state index in [4.69, 9.17) is 12.2 Å². The fraction of sp³-hybridized carbons (Fsp3) is 0.190. The van der Waals surface area contributed by atoms with Crippen LogP contribution < -0.4 is 4.90 Å². The summed E-state index contributed by atoms with van der Waals surface area (Å²) in [5, 5.41) is 0. The van der Waals surface area contributed by atoms with Crippen molar-refractivity contribution in [3.8, 4) is 0 Å². The standard InChI is InChI=1S/C21H17BrN2O2S2/c22-16-8-3-5-14(11-16)12-18-20(26)24(21(27)28-18)13-19(25)23-10-4-7-15-6-1-2-9-17(15)23/h1-3,5-6,8-9,11-12H,4,7,10,13H2. The normalized spacial score (nSPS) is 18.0. The molecule has 0 spiro atoms. The minimum absolute atomic E-state index is 0.0329. The van der Waals surface area contributed by atoms with Crippen LogP contribution in [0.25, 0.3) is 6.08 Å². The Hall–Kier alpha value is -1.96. The van der Waals surface area contributed by atoms with Gasteiger partial charge in [0.1, 0.15) is 10.9 Å². The van der Waals surface area contributed by atoms with Crippen LogP contribution in [0.3, 0.4) is 0 Å². The quantitative estimate of drug-likeness (QED) is 0.482. The summed E-state index contributed by atoms with van der Waals surface area (Å²) in [7, 11) is 0. The number of hydrogen-bond acceptors (Lipinski definition) is 4. The summed E-state index contributed by atoms with van der Waals surface area (Å²) in [5.41, 5.74) is 3.02. The summed E-state index contributed by atoms with van der Waals surface area (Å²) < 4.78 is 1.36. The van der Waals surface area contributed by atoms with Gasteiger partial charge in [-0.3, -0.25) is 14.5 Å². The largest absolute Gasteiger partial charge is 0.311 e. The van der Waals surface area contributed by atoms with Crippen LogP contribution in [0.15, 0.2) is 57.9 Å². The maximum atomic E-state index is 13.0. The summed E-state index contributed by atoms with van der Waals surface area (Å²) in [4.78, 5) is 29.5. The maximum absolute atomic E-state index is 13.0. The number of nitrogens with zero attached hydrogens (tertiary/aromatic N) is 2. The smallest absolute Gasteiger partial charge is 0.266 e. The molecule has 0 aliphatic carbocycles. The van der Waals surface area contributed by atoms with E-state index in [2.05, 4.69) is 22.0 Å². The van der Waals surface area contributed by atoms with E-state index in [0.29, 0.717) is 15.8 Å². The molecule has 2 aromatic carbocycles. The minimum Gasteiger partial charge on any atom is -0.311 e. The molecule has 1 fully saturated rings. The third kappa shape index (κ3) is 3.92. The van der Waals surface area contributed by atoms with Gasteiger partial charge in [0, 0.05) is 16.7 Å². The van der Waals surface area contributed by atoms with Gasteiger partial charge in [-0.05, 0) is 48.2 Å². The third-order valence-electron chi connectivity index (χ3n) is 4.72. The number of anilines is 1.